The Labute approximate surface area is 111 Å². The minimum Gasteiger partial charge on any atom is -0.441 e. The molecule has 0 aliphatic heterocycles. The van der Waals surface area contributed by atoms with E-state index in [9.17, 15) is 4.79 Å². The lowest BCUT2D eigenvalue weighted by molar-refractivity contribution is -0.119. The van der Waals surface area contributed by atoms with E-state index in [0.717, 1.165) is 5.52 Å². The first kappa shape index (κ1) is 13.1. The number of oxazole rings is 1. The van der Waals surface area contributed by atoms with Crippen molar-refractivity contribution in [3.05, 3.63) is 24.1 Å². The summed E-state index contributed by atoms with van der Waals surface area (Å²) < 4.78 is 5.40. The summed E-state index contributed by atoms with van der Waals surface area (Å²) in [6.45, 7) is 5.45. The molecule has 0 radical (unpaired) electrons. The van der Waals surface area contributed by atoms with Gasteiger partial charge in [0, 0.05) is 18.7 Å². The average molecular weight is 257 g/mol. The van der Waals surface area contributed by atoms with E-state index in [-0.39, 0.29) is 11.8 Å². The molecule has 0 fully saturated rings. The third-order valence-corrected chi connectivity index (χ3v) is 2.85. The van der Waals surface area contributed by atoms with E-state index in [4.69, 9.17) is 9.68 Å². The molecule has 0 aliphatic carbocycles. The molecular weight excluding hydrogens is 242 g/mol. The summed E-state index contributed by atoms with van der Waals surface area (Å²) in [6.07, 6.45) is 0. The topological polar surface area (TPSA) is 78.9 Å². The largest absolute Gasteiger partial charge is 0.441 e. The molecule has 2 rings (SSSR count). The van der Waals surface area contributed by atoms with Crippen LogP contribution in [-0.2, 0) is 4.79 Å². The number of hydrogen-bond acceptors (Lipinski definition) is 4. The first-order valence-electron chi connectivity index (χ1n) is 6.09. The van der Waals surface area contributed by atoms with Crippen LogP contribution in [0.1, 0.15) is 19.7 Å². The van der Waals surface area contributed by atoms with Crippen molar-refractivity contribution in [2.24, 2.45) is 11.8 Å². The lowest BCUT2D eigenvalue weighted by Crippen LogP contribution is -2.25. The van der Waals surface area contributed by atoms with Crippen molar-refractivity contribution in [3.8, 4) is 6.07 Å². The lowest BCUT2D eigenvalue weighted by atomic mass is 9.96. The summed E-state index contributed by atoms with van der Waals surface area (Å²) >= 11 is 0. The van der Waals surface area contributed by atoms with Crippen LogP contribution in [0.25, 0.3) is 11.1 Å². The van der Waals surface area contributed by atoms with E-state index in [1.54, 1.807) is 25.1 Å². The van der Waals surface area contributed by atoms with Crippen molar-refractivity contribution < 1.29 is 9.21 Å². The number of amides is 1. The Bertz CT molecular complexity index is 652. The zero-order valence-corrected chi connectivity index (χ0v) is 11.1. The van der Waals surface area contributed by atoms with Crippen molar-refractivity contribution in [3.63, 3.8) is 0 Å². The number of fused-ring (bicyclic) bond motifs is 1. The van der Waals surface area contributed by atoms with Crippen LogP contribution in [0.3, 0.4) is 0 Å². The van der Waals surface area contributed by atoms with Crippen LogP contribution in [0.15, 0.2) is 22.6 Å². The molecule has 1 aromatic heterocycles. The third kappa shape index (κ3) is 2.74. The molecule has 0 aliphatic rings. The number of aryl methyl sites for hydroxylation is 1. The van der Waals surface area contributed by atoms with Crippen LogP contribution in [0.5, 0.6) is 0 Å². The van der Waals surface area contributed by atoms with Gasteiger partial charge in [0.05, 0.1) is 6.07 Å². The van der Waals surface area contributed by atoms with Gasteiger partial charge in [-0.2, -0.15) is 5.26 Å². The second kappa shape index (κ2) is 5.11. The predicted molar refractivity (Wildman–Crippen MR) is 71.3 cm³/mol. The van der Waals surface area contributed by atoms with Crippen LogP contribution in [-0.4, -0.2) is 10.9 Å². The number of nitrogens with one attached hydrogen (secondary N) is 1. The van der Waals surface area contributed by atoms with Gasteiger partial charge in [0.1, 0.15) is 11.4 Å². The zero-order chi connectivity index (χ0) is 14.0. The first-order chi connectivity index (χ1) is 9.01. The summed E-state index contributed by atoms with van der Waals surface area (Å²) in [5.74, 6) is -0.406. The fourth-order valence-electron chi connectivity index (χ4n) is 1.85. The van der Waals surface area contributed by atoms with Crippen molar-refractivity contribution in [2.45, 2.75) is 20.8 Å². The fraction of sp³-hybridized carbons (Fsp3) is 0.357. The molecular formula is C14H15N3O2. The molecule has 0 spiro atoms. The second-order valence-electron chi connectivity index (χ2n) is 4.76. The Morgan fingerprint density at radius 3 is 2.84 bits per heavy atom. The molecule has 1 N–H and O–H groups in total. The first-order valence-corrected chi connectivity index (χ1v) is 6.09. The van der Waals surface area contributed by atoms with Gasteiger partial charge in [0.15, 0.2) is 11.5 Å². The van der Waals surface area contributed by atoms with Crippen LogP contribution in [0.4, 0.5) is 5.69 Å². The molecule has 1 amide bonds. The molecule has 5 heteroatoms. The molecule has 1 unspecified atom stereocenters. The molecule has 5 nitrogen and oxygen atoms in total. The monoisotopic (exact) mass is 257 g/mol. The SMILES string of the molecule is Cc1nc2ccc(NC(=O)C(C#N)C(C)C)cc2o1. The fourth-order valence-corrected chi connectivity index (χ4v) is 1.85. The van der Waals surface area contributed by atoms with Crippen molar-refractivity contribution in [1.82, 2.24) is 4.98 Å². The molecule has 2 aromatic rings. The quantitative estimate of drug-likeness (QED) is 0.916. The normalized spacial score (nSPS) is 12.4. The molecule has 1 atom stereocenters. The number of nitrogens with zero attached hydrogens (tertiary/aromatic N) is 2. The van der Waals surface area contributed by atoms with Gasteiger partial charge in [-0.3, -0.25) is 4.79 Å². The van der Waals surface area contributed by atoms with Gasteiger partial charge < -0.3 is 9.73 Å². The number of anilines is 1. The van der Waals surface area contributed by atoms with Crippen LogP contribution in [0, 0.1) is 30.1 Å². The van der Waals surface area contributed by atoms with Crippen molar-refractivity contribution in [2.75, 3.05) is 5.32 Å². The van der Waals surface area contributed by atoms with Gasteiger partial charge in [-0.05, 0) is 18.1 Å². The number of nitriles is 1. The molecule has 1 aromatic carbocycles. The molecule has 0 saturated carbocycles. The van der Waals surface area contributed by atoms with Gasteiger partial charge in [0.25, 0.3) is 0 Å². The predicted octanol–water partition coefficient (Wildman–Crippen LogP) is 2.87. The Morgan fingerprint density at radius 2 is 2.21 bits per heavy atom. The standard InChI is InChI=1S/C14H15N3O2/c1-8(2)11(7-15)14(18)17-10-4-5-12-13(6-10)19-9(3)16-12/h4-6,8,11H,1-3H3,(H,17,18). The second-order valence-corrected chi connectivity index (χ2v) is 4.76. The summed E-state index contributed by atoms with van der Waals surface area (Å²) in [7, 11) is 0. The number of benzene rings is 1. The maximum atomic E-state index is 11.9. The highest BCUT2D eigenvalue weighted by atomic mass is 16.3. The van der Waals surface area contributed by atoms with Crippen LogP contribution in [0.2, 0.25) is 0 Å². The molecule has 1 heterocycles. The highest BCUT2D eigenvalue weighted by Crippen LogP contribution is 2.21. The van der Waals surface area contributed by atoms with Crippen molar-refractivity contribution in [1.29, 1.82) is 5.26 Å². The Morgan fingerprint density at radius 1 is 1.47 bits per heavy atom. The Hall–Kier alpha value is -2.35. The number of rotatable bonds is 3. The van der Waals surface area contributed by atoms with Crippen LogP contribution < -0.4 is 5.32 Å². The van der Waals surface area contributed by atoms with Gasteiger partial charge in [-0.15, -0.1) is 0 Å². The molecule has 98 valence electrons. The van der Waals surface area contributed by atoms with Gasteiger partial charge >= 0.3 is 0 Å². The lowest BCUT2D eigenvalue weighted by Gasteiger charge is -2.12. The Kier molecular flexibility index (Phi) is 3.52. The molecule has 0 saturated heterocycles. The summed E-state index contributed by atoms with van der Waals surface area (Å²) in [5, 5.41) is 11.7. The average Bonchev–Trinajstić information content (AvgIpc) is 2.68. The molecule has 19 heavy (non-hydrogen) atoms. The Balaban J connectivity index is 2.21. The number of carbonyl (C=O) groups excluding carboxylic acids is 1. The smallest absolute Gasteiger partial charge is 0.241 e. The van der Waals surface area contributed by atoms with Gasteiger partial charge in [-0.1, -0.05) is 13.8 Å². The van der Waals surface area contributed by atoms with E-state index in [1.165, 1.54) is 0 Å². The van der Waals surface area contributed by atoms with Crippen LogP contribution >= 0.6 is 0 Å². The van der Waals surface area contributed by atoms with E-state index in [1.807, 2.05) is 19.9 Å². The highest BCUT2D eigenvalue weighted by Gasteiger charge is 2.21. The summed E-state index contributed by atoms with van der Waals surface area (Å²) in [6, 6.07) is 7.25. The maximum Gasteiger partial charge on any atom is 0.241 e. The summed E-state index contributed by atoms with van der Waals surface area (Å²) in [4.78, 5) is 16.1. The number of aromatic nitrogens is 1. The maximum absolute atomic E-state index is 11.9. The van der Waals surface area contributed by atoms with E-state index in [0.29, 0.717) is 17.2 Å². The van der Waals surface area contributed by atoms with E-state index < -0.39 is 5.92 Å². The number of hydrogen-bond donors (Lipinski definition) is 1. The van der Waals surface area contributed by atoms with Gasteiger partial charge in [0.2, 0.25) is 5.91 Å². The minimum absolute atomic E-state index is 0.0266. The van der Waals surface area contributed by atoms with Gasteiger partial charge in [-0.25, -0.2) is 4.98 Å². The zero-order valence-electron chi connectivity index (χ0n) is 11.1. The molecule has 0 bridgehead atoms. The number of carbonyl (C=O) groups is 1. The van der Waals surface area contributed by atoms with Crippen molar-refractivity contribution >= 4 is 22.7 Å². The third-order valence-electron chi connectivity index (χ3n) is 2.85. The minimum atomic E-state index is -0.660. The van der Waals surface area contributed by atoms with E-state index in [2.05, 4.69) is 10.3 Å². The van der Waals surface area contributed by atoms with E-state index >= 15 is 0 Å². The summed E-state index contributed by atoms with van der Waals surface area (Å²) in [5.41, 5.74) is 1.97. The highest BCUT2D eigenvalue weighted by molar-refractivity contribution is 5.95.